The van der Waals surface area contributed by atoms with Gasteiger partial charge in [-0.2, -0.15) is 0 Å². The Morgan fingerprint density at radius 1 is 1.50 bits per heavy atom. The van der Waals surface area contributed by atoms with Crippen molar-refractivity contribution in [2.75, 3.05) is 0 Å². The summed E-state index contributed by atoms with van der Waals surface area (Å²) < 4.78 is 0. The van der Waals surface area contributed by atoms with Gasteiger partial charge in [0.05, 0.1) is 0 Å². The van der Waals surface area contributed by atoms with Crippen molar-refractivity contribution in [2.24, 2.45) is 0 Å². The fourth-order valence-corrected chi connectivity index (χ4v) is 0. The minimum atomic E-state index is -1.62. The normalized spacial score (nSPS) is 8.00. The van der Waals surface area contributed by atoms with Gasteiger partial charge in [-0.25, -0.2) is 6.29 Å². The molecule has 3 heteroatoms. The van der Waals surface area contributed by atoms with Crippen LogP contribution in [0, 0.1) is 0 Å². The predicted molar refractivity (Wildman–Crippen MR) is 19.8 cm³/mol. The summed E-state index contributed by atoms with van der Waals surface area (Å²) in [5.41, 5.74) is 0. The molecule has 2 nitrogen and oxygen atoms in total. The SMILES string of the molecule is CCC([O-])[O-].[Te+2]. The molecule has 0 rings (SSSR count). The van der Waals surface area contributed by atoms with Gasteiger partial charge in [0.15, 0.2) is 0 Å². The molecule has 0 saturated heterocycles. The largest absolute Gasteiger partial charge is 2.00 e. The third-order valence-corrected chi connectivity index (χ3v) is 0.333. The molecule has 0 unspecified atom stereocenters. The van der Waals surface area contributed by atoms with Gasteiger partial charge in [-0.1, -0.05) is 13.3 Å². The minimum Gasteiger partial charge on any atom is -0.865 e. The smallest absolute Gasteiger partial charge is 0.865 e. The van der Waals surface area contributed by atoms with Crippen molar-refractivity contribution in [3.8, 4) is 0 Å². The summed E-state index contributed by atoms with van der Waals surface area (Å²) in [4.78, 5) is 0. The second kappa shape index (κ2) is 5.71. The molecule has 4 radical (unpaired) electrons. The number of rotatable bonds is 1. The number of hydrogen-bond donors (Lipinski definition) is 0. The van der Waals surface area contributed by atoms with Gasteiger partial charge >= 0.3 is 23.7 Å². The van der Waals surface area contributed by atoms with Crippen molar-refractivity contribution in [3.63, 3.8) is 0 Å². The first kappa shape index (κ1) is 9.86. The van der Waals surface area contributed by atoms with E-state index in [0.29, 0.717) is 0 Å². The second-order valence-electron chi connectivity index (χ2n) is 0.838. The van der Waals surface area contributed by atoms with E-state index in [1.807, 2.05) is 0 Å². The average Bonchev–Trinajstić information content (AvgIpc) is 1.38. The molecule has 0 fully saturated rings. The van der Waals surface area contributed by atoms with E-state index < -0.39 is 6.29 Å². The molecule has 0 aromatic heterocycles. The van der Waals surface area contributed by atoms with Crippen molar-refractivity contribution in [1.82, 2.24) is 0 Å². The second-order valence-corrected chi connectivity index (χ2v) is 0.838. The van der Waals surface area contributed by atoms with Crippen LogP contribution in [0.15, 0.2) is 0 Å². The summed E-state index contributed by atoms with van der Waals surface area (Å²) in [6.45, 7) is 1.57. The van der Waals surface area contributed by atoms with E-state index >= 15 is 0 Å². The van der Waals surface area contributed by atoms with Crippen LogP contribution < -0.4 is 10.2 Å². The topological polar surface area (TPSA) is 46.1 Å². The summed E-state index contributed by atoms with van der Waals surface area (Å²) in [6.07, 6.45) is -1.42. The first-order chi connectivity index (χ1) is 2.27. The molecule has 0 spiro atoms. The molecule has 0 aromatic rings. The zero-order chi connectivity index (χ0) is 4.28. The Balaban J connectivity index is 0. The van der Waals surface area contributed by atoms with Crippen LogP contribution in [-0.4, -0.2) is 30.0 Å². The molecule has 0 aromatic carbocycles. The molecule has 0 atom stereocenters. The maximum Gasteiger partial charge on any atom is 2.00 e. The van der Waals surface area contributed by atoms with Crippen LogP contribution in [-0.2, 0) is 0 Å². The van der Waals surface area contributed by atoms with Crippen LogP contribution in [0.1, 0.15) is 13.3 Å². The molecule has 0 amide bonds. The van der Waals surface area contributed by atoms with Crippen LogP contribution in [0.25, 0.3) is 0 Å². The van der Waals surface area contributed by atoms with Gasteiger partial charge in [0.1, 0.15) is 0 Å². The fourth-order valence-electron chi connectivity index (χ4n) is 0. The molecular formula is C3H6O2Te. The van der Waals surface area contributed by atoms with Gasteiger partial charge in [0.2, 0.25) is 0 Å². The van der Waals surface area contributed by atoms with Gasteiger partial charge in [0.25, 0.3) is 0 Å². The van der Waals surface area contributed by atoms with Crippen molar-refractivity contribution in [2.45, 2.75) is 19.6 Å². The van der Waals surface area contributed by atoms with Crippen LogP contribution >= 0.6 is 0 Å². The van der Waals surface area contributed by atoms with Crippen LogP contribution in [0.4, 0.5) is 0 Å². The van der Waals surface area contributed by atoms with Gasteiger partial charge < -0.3 is 10.2 Å². The maximum absolute atomic E-state index is 9.34. The van der Waals surface area contributed by atoms with Crippen molar-refractivity contribution in [3.05, 3.63) is 0 Å². The van der Waals surface area contributed by atoms with E-state index in [0.717, 1.165) is 0 Å². The fraction of sp³-hybridized carbons (Fsp3) is 1.00. The monoisotopic (exact) mass is 204 g/mol. The van der Waals surface area contributed by atoms with Crippen LogP contribution in [0.2, 0.25) is 0 Å². The summed E-state index contributed by atoms with van der Waals surface area (Å²) in [7, 11) is 0. The van der Waals surface area contributed by atoms with E-state index in [9.17, 15) is 10.2 Å². The Bertz CT molecular complexity index is 22.8. The molecule has 0 heterocycles. The molecule has 0 N–H and O–H groups in total. The van der Waals surface area contributed by atoms with Crippen molar-refractivity contribution in [1.29, 1.82) is 0 Å². The maximum atomic E-state index is 9.34. The Kier molecular flexibility index (Phi) is 9.38. The molecule has 0 saturated carbocycles. The quantitative estimate of drug-likeness (QED) is 0.366. The van der Waals surface area contributed by atoms with Crippen molar-refractivity contribution < 1.29 is 10.2 Å². The van der Waals surface area contributed by atoms with E-state index in [2.05, 4.69) is 0 Å². The Morgan fingerprint density at radius 3 is 1.67 bits per heavy atom. The third kappa shape index (κ3) is 8.83. The number of hydrogen-bond acceptors (Lipinski definition) is 2. The van der Waals surface area contributed by atoms with E-state index in [1.165, 1.54) is 0 Å². The van der Waals surface area contributed by atoms with E-state index in [1.54, 1.807) is 6.92 Å². The molecule has 0 bridgehead atoms. The zero-order valence-electron chi connectivity index (χ0n) is 3.51. The van der Waals surface area contributed by atoms with Crippen molar-refractivity contribution >= 4 is 23.7 Å². The first-order valence-electron chi connectivity index (χ1n) is 1.59. The van der Waals surface area contributed by atoms with Gasteiger partial charge in [-0.15, -0.1) is 0 Å². The molecule has 6 heavy (non-hydrogen) atoms. The van der Waals surface area contributed by atoms with Crippen LogP contribution in [0.5, 0.6) is 0 Å². The standard InChI is InChI=1S/C3H6O2.Te/c1-2-3(4)5;/h3H,2H2,1H3;/q-2;+2. The predicted octanol–water partition coefficient (Wildman–Crippen LogP) is -1.94. The molecule has 36 valence electrons. The summed E-state index contributed by atoms with van der Waals surface area (Å²) in [5, 5.41) is 18.7. The molecule has 0 aliphatic rings. The zero-order valence-corrected chi connectivity index (χ0v) is 5.84. The Labute approximate surface area is 53.9 Å². The summed E-state index contributed by atoms with van der Waals surface area (Å²) >= 11 is 0. The summed E-state index contributed by atoms with van der Waals surface area (Å²) in [5.74, 6) is 0. The average molecular weight is 202 g/mol. The third-order valence-electron chi connectivity index (χ3n) is 0.333. The minimum absolute atomic E-state index is 0. The summed E-state index contributed by atoms with van der Waals surface area (Å²) in [6, 6.07) is 0. The Morgan fingerprint density at radius 2 is 1.67 bits per heavy atom. The van der Waals surface area contributed by atoms with Gasteiger partial charge in [-0.05, 0) is 0 Å². The van der Waals surface area contributed by atoms with E-state index in [-0.39, 0.29) is 30.1 Å². The molecular weight excluding hydrogens is 196 g/mol. The van der Waals surface area contributed by atoms with Gasteiger partial charge in [-0.3, -0.25) is 0 Å². The van der Waals surface area contributed by atoms with E-state index in [4.69, 9.17) is 0 Å². The van der Waals surface area contributed by atoms with Crippen LogP contribution in [0.3, 0.4) is 0 Å². The Hall–Kier alpha value is 0.710. The van der Waals surface area contributed by atoms with Gasteiger partial charge in [0, 0.05) is 0 Å². The first-order valence-corrected chi connectivity index (χ1v) is 1.59. The molecule has 0 aliphatic heterocycles. The molecule has 0 aliphatic carbocycles.